The minimum Gasteiger partial charge on any atom is -0.458 e. The minimum atomic E-state index is -1.39. The van der Waals surface area contributed by atoms with Crippen molar-refractivity contribution in [1.29, 1.82) is 0 Å². The normalized spacial score (nSPS) is 30.8. The van der Waals surface area contributed by atoms with Crippen LogP contribution in [-0.4, -0.2) is 106 Å². The van der Waals surface area contributed by atoms with Crippen molar-refractivity contribution in [3.63, 3.8) is 0 Å². The third kappa shape index (κ3) is 7.57. The lowest BCUT2D eigenvalue weighted by Crippen LogP contribution is -2.62. The summed E-state index contributed by atoms with van der Waals surface area (Å²) >= 11 is 0. The second kappa shape index (κ2) is 14.3. The molecule has 5 rings (SSSR count). The molecule has 0 radical (unpaired) electrons. The molecule has 2 N–H and O–H groups in total. The fourth-order valence-electron chi connectivity index (χ4n) is 7.23. The highest BCUT2D eigenvalue weighted by molar-refractivity contribution is 5.97. The van der Waals surface area contributed by atoms with E-state index >= 15 is 0 Å². The molecule has 4 aliphatic heterocycles. The number of aryl methyl sites for hydroxylation is 1. The maximum atomic E-state index is 14.2. The van der Waals surface area contributed by atoms with Gasteiger partial charge in [0.1, 0.15) is 47.9 Å². The third-order valence-corrected chi connectivity index (χ3v) is 9.62. The fourth-order valence-corrected chi connectivity index (χ4v) is 7.23. The van der Waals surface area contributed by atoms with E-state index in [2.05, 4.69) is 10.6 Å². The first-order valence-corrected chi connectivity index (χ1v) is 16.5. The highest BCUT2D eigenvalue weighted by atomic mass is 19.1. The van der Waals surface area contributed by atoms with Crippen molar-refractivity contribution in [3.05, 3.63) is 35.4 Å². The van der Waals surface area contributed by atoms with Gasteiger partial charge in [-0.3, -0.25) is 24.0 Å². The predicted octanol–water partition coefficient (Wildman–Crippen LogP) is 1.44. The van der Waals surface area contributed by atoms with E-state index in [0.29, 0.717) is 45.1 Å². The Hall–Kier alpha value is -4.10. The maximum Gasteiger partial charge on any atom is 0.329 e. The minimum absolute atomic E-state index is 0.0198. The summed E-state index contributed by atoms with van der Waals surface area (Å²) in [4.78, 5) is 86.3. The van der Waals surface area contributed by atoms with Crippen LogP contribution in [0.4, 0.5) is 8.78 Å². The van der Waals surface area contributed by atoms with Gasteiger partial charge in [-0.05, 0) is 82.4 Å². The van der Waals surface area contributed by atoms with Crippen LogP contribution >= 0.6 is 0 Å². The average Bonchev–Trinajstić information content (AvgIpc) is 3.68. The van der Waals surface area contributed by atoms with Gasteiger partial charge in [0, 0.05) is 32.1 Å². The first-order chi connectivity index (χ1) is 22.3. The van der Waals surface area contributed by atoms with Gasteiger partial charge in [0.15, 0.2) is 0 Å². The molecule has 1 aromatic rings. The van der Waals surface area contributed by atoms with Gasteiger partial charge in [-0.2, -0.15) is 0 Å². The van der Waals surface area contributed by atoms with Crippen LogP contribution in [0.25, 0.3) is 0 Å². The van der Waals surface area contributed by atoms with Crippen molar-refractivity contribution in [2.75, 3.05) is 19.6 Å². The van der Waals surface area contributed by atoms with Crippen molar-refractivity contribution in [2.24, 2.45) is 5.92 Å². The summed E-state index contributed by atoms with van der Waals surface area (Å²) in [6.45, 7) is 5.70. The highest BCUT2D eigenvalue weighted by Crippen LogP contribution is 2.28. The van der Waals surface area contributed by atoms with Crippen LogP contribution in [0.15, 0.2) is 18.2 Å². The number of carbonyl (C=O) groups excluding carboxylic acids is 6. The Morgan fingerprint density at radius 1 is 0.851 bits per heavy atom. The highest BCUT2D eigenvalue weighted by Gasteiger charge is 2.47. The van der Waals surface area contributed by atoms with Crippen molar-refractivity contribution < 1.29 is 42.3 Å². The number of hydrogen-bond acceptors (Lipinski definition) is 7. The summed E-state index contributed by atoms with van der Waals surface area (Å²) in [5, 5.41) is 5.41. The van der Waals surface area contributed by atoms with Gasteiger partial charge >= 0.3 is 5.97 Å². The number of nitrogens with one attached hydrogen (secondary N) is 2. The smallest absolute Gasteiger partial charge is 0.329 e. The number of amides is 5. The molecule has 0 saturated carbocycles. The van der Waals surface area contributed by atoms with E-state index in [-0.39, 0.29) is 37.4 Å². The van der Waals surface area contributed by atoms with Gasteiger partial charge in [0.25, 0.3) is 0 Å². The maximum absolute atomic E-state index is 14.2. The average molecular weight is 660 g/mol. The summed E-state index contributed by atoms with van der Waals surface area (Å²) in [5.74, 6) is -4.94. The number of ether oxygens (including phenoxy) is 1. The molecule has 256 valence electrons. The van der Waals surface area contributed by atoms with Crippen molar-refractivity contribution in [1.82, 2.24) is 25.3 Å². The van der Waals surface area contributed by atoms with Gasteiger partial charge in [-0.1, -0.05) is 6.92 Å². The predicted molar refractivity (Wildman–Crippen MR) is 163 cm³/mol. The molecule has 0 bridgehead atoms. The summed E-state index contributed by atoms with van der Waals surface area (Å²) in [6.07, 6.45) is 1.53. The summed E-state index contributed by atoms with van der Waals surface area (Å²) in [7, 11) is 0. The third-order valence-electron chi connectivity index (χ3n) is 9.62. The molecule has 0 unspecified atom stereocenters. The SMILES string of the molecule is C[C@H]1C[C@H]2C(=O)O[C@@H](C)[C@H](NC(=O)CCc3cc(F)cc(F)c3)C(=O)N3CCC[C@H]3C(=O)N3CCCC[C@H]3C(=O)N[C@@H](C)C(=O)N2C1. The van der Waals surface area contributed by atoms with Gasteiger partial charge in [0.05, 0.1) is 0 Å². The molecule has 4 aliphatic rings. The molecule has 4 fully saturated rings. The molecule has 4 saturated heterocycles. The van der Waals surface area contributed by atoms with E-state index in [1.807, 2.05) is 6.92 Å². The molecule has 47 heavy (non-hydrogen) atoms. The van der Waals surface area contributed by atoms with Crippen molar-refractivity contribution >= 4 is 35.5 Å². The van der Waals surface area contributed by atoms with E-state index in [4.69, 9.17) is 4.74 Å². The van der Waals surface area contributed by atoms with Gasteiger partial charge in [-0.15, -0.1) is 0 Å². The zero-order valence-electron chi connectivity index (χ0n) is 27.0. The molecule has 12 nitrogen and oxygen atoms in total. The van der Waals surface area contributed by atoms with Crippen LogP contribution in [0.5, 0.6) is 0 Å². The van der Waals surface area contributed by atoms with Crippen LogP contribution in [-0.2, 0) is 39.9 Å². The van der Waals surface area contributed by atoms with Crippen molar-refractivity contribution in [3.8, 4) is 0 Å². The molecule has 4 heterocycles. The van der Waals surface area contributed by atoms with Gasteiger partial charge in [-0.25, -0.2) is 13.6 Å². The zero-order chi connectivity index (χ0) is 34.0. The Bertz CT molecular complexity index is 1410. The van der Waals surface area contributed by atoms with E-state index in [9.17, 15) is 37.5 Å². The lowest BCUT2D eigenvalue weighted by molar-refractivity contribution is -0.163. The van der Waals surface area contributed by atoms with Crippen LogP contribution in [0.1, 0.15) is 71.3 Å². The molecule has 5 amide bonds. The number of benzene rings is 1. The molecule has 7 atom stereocenters. The number of nitrogens with zero attached hydrogens (tertiary/aromatic N) is 3. The number of carbonyl (C=O) groups is 6. The monoisotopic (exact) mass is 659 g/mol. The number of fused-ring (bicyclic) bond motifs is 3. The lowest BCUT2D eigenvalue weighted by atomic mass is 9.99. The first-order valence-electron chi connectivity index (χ1n) is 16.5. The largest absolute Gasteiger partial charge is 0.458 e. The zero-order valence-corrected chi connectivity index (χ0v) is 27.0. The van der Waals surface area contributed by atoms with E-state index in [1.165, 1.54) is 21.6 Å². The molecular weight excluding hydrogens is 616 g/mol. The number of hydrogen-bond donors (Lipinski definition) is 2. The Labute approximate surface area is 272 Å². The molecule has 14 heteroatoms. The quantitative estimate of drug-likeness (QED) is 0.466. The Kier molecular flexibility index (Phi) is 10.5. The Morgan fingerprint density at radius 3 is 2.23 bits per heavy atom. The Balaban J connectivity index is 1.45. The van der Waals surface area contributed by atoms with Gasteiger partial charge < -0.3 is 30.1 Å². The standard InChI is InChI=1S/C33H43F2N5O7/c1-18-13-26-33(46)47-20(3)28(37-27(41)10-9-21-14-22(34)16-23(35)15-21)32(45)39-12-6-8-25(39)31(44)38-11-5-4-7-24(38)29(42)36-19(2)30(43)40(26)17-18/h14-16,18-20,24-26,28H,4-13,17H2,1-3H3,(H,36,42)(H,37,41)/t18-,19-,20-,24-,25-,26-,28-/m0/s1. The summed E-state index contributed by atoms with van der Waals surface area (Å²) in [5.41, 5.74) is 0.251. The van der Waals surface area contributed by atoms with E-state index in [1.54, 1.807) is 6.92 Å². The second-order valence-electron chi connectivity index (χ2n) is 13.3. The van der Waals surface area contributed by atoms with E-state index in [0.717, 1.165) is 18.2 Å². The van der Waals surface area contributed by atoms with E-state index < -0.39 is 83.5 Å². The lowest BCUT2D eigenvalue weighted by Gasteiger charge is -2.39. The van der Waals surface area contributed by atoms with Crippen LogP contribution < -0.4 is 10.6 Å². The van der Waals surface area contributed by atoms with Crippen molar-refractivity contribution in [2.45, 2.75) is 108 Å². The number of cyclic esters (lactones) is 1. The fraction of sp³-hybridized carbons (Fsp3) is 0.636. The number of rotatable bonds is 4. The number of halogens is 2. The molecular formula is C33H43F2N5O7. The van der Waals surface area contributed by atoms with Crippen LogP contribution in [0, 0.1) is 17.6 Å². The topological polar surface area (TPSA) is 145 Å². The van der Waals surface area contributed by atoms with Crippen LogP contribution in [0.3, 0.4) is 0 Å². The molecule has 0 spiro atoms. The second-order valence-corrected chi connectivity index (χ2v) is 13.3. The number of piperidine rings is 1. The molecule has 1 aromatic carbocycles. The molecule has 0 aromatic heterocycles. The van der Waals surface area contributed by atoms with Crippen LogP contribution in [0.2, 0.25) is 0 Å². The summed E-state index contributed by atoms with van der Waals surface area (Å²) in [6, 6.07) is -2.08. The summed E-state index contributed by atoms with van der Waals surface area (Å²) < 4.78 is 33.2. The Morgan fingerprint density at radius 2 is 1.51 bits per heavy atom. The van der Waals surface area contributed by atoms with Gasteiger partial charge in [0.2, 0.25) is 29.5 Å². The number of esters is 1. The molecule has 0 aliphatic carbocycles. The first kappa shape index (κ1) is 34.2.